The largest absolute Gasteiger partial charge is 0.347 e. The van der Waals surface area contributed by atoms with Crippen molar-refractivity contribution in [3.8, 4) is 0 Å². The fourth-order valence-electron chi connectivity index (χ4n) is 1.63. The summed E-state index contributed by atoms with van der Waals surface area (Å²) in [5, 5.41) is 8.33. The Kier molecular flexibility index (Phi) is 3.96. The van der Waals surface area contributed by atoms with Crippen LogP contribution in [0.5, 0.6) is 0 Å². The van der Waals surface area contributed by atoms with Gasteiger partial charge in [0.1, 0.15) is 0 Å². The van der Waals surface area contributed by atoms with Crippen LogP contribution in [0.3, 0.4) is 0 Å². The molecular weight excluding hydrogens is 220 g/mol. The first-order valence-corrected chi connectivity index (χ1v) is 6.73. The molecule has 1 amide bonds. The number of hydrogen-bond acceptors (Lipinski definition) is 3. The van der Waals surface area contributed by atoms with Crippen molar-refractivity contribution in [2.75, 3.05) is 6.54 Å². The zero-order chi connectivity index (χ0) is 11.4. The highest BCUT2D eigenvalue weighted by Gasteiger charge is 2.21. The summed E-state index contributed by atoms with van der Waals surface area (Å²) in [4.78, 5) is 12.9. The van der Waals surface area contributed by atoms with E-state index in [1.54, 1.807) is 11.3 Å². The Balaban J connectivity index is 1.78. The minimum atomic E-state index is 0.104. The van der Waals surface area contributed by atoms with Crippen molar-refractivity contribution >= 4 is 17.2 Å². The molecule has 0 saturated heterocycles. The van der Waals surface area contributed by atoms with Crippen molar-refractivity contribution in [3.63, 3.8) is 0 Å². The summed E-state index contributed by atoms with van der Waals surface area (Å²) in [6, 6.07) is 4.87. The molecule has 1 aliphatic carbocycles. The monoisotopic (exact) mass is 238 g/mol. The third-order valence-corrected chi connectivity index (χ3v) is 3.74. The summed E-state index contributed by atoms with van der Waals surface area (Å²) in [6.07, 6.45) is 3.38. The maximum absolute atomic E-state index is 11.7. The van der Waals surface area contributed by atoms with Gasteiger partial charge < -0.3 is 10.6 Å². The topological polar surface area (TPSA) is 41.1 Å². The number of rotatable bonds is 6. The first-order valence-electron chi connectivity index (χ1n) is 5.85. The Morgan fingerprint density at radius 1 is 1.62 bits per heavy atom. The molecule has 0 radical (unpaired) electrons. The van der Waals surface area contributed by atoms with Gasteiger partial charge in [-0.3, -0.25) is 4.79 Å². The summed E-state index contributed by atoms with van der Waals surface area (Å²) >= 11 is 1.70. The van der Waals surface area contributed by atoms with Gasteiger partial charge in [0.25, 0.3) is 0 Å². The quantitative estimate of drug-likeness (QED) is 0.796. The predicted octanol–water partition coefficient (Wildman–Crippen LogP) is 2.07. The first kappa shape index (κ1) is 11.6. The number of thiophene rings is 1. The number of amides is 1. The third-order valence-electron chi connectivity index (χ3n) is 2.76. The standard InChI is InChI=1S/C12H18N2OS/c1-2-10(11-4-3-7-16-11)14-12(15)8-13-9-5-6-9/h3-4,7,9-10,13H,2,5-6,8H2,1H3,(H,14,15). The van der Waals surface area contributed by atoms with Gasteiger partial charge >= 0.3 is 0 Å². The van der Waals surface area contributed by atoms with Crippen LogP contribution < -0.4 is 10.6 Å². The summed E-state index contributed by atoms with van der Waals surface area (Å²) in [5.74, 6) is 0.104. The first-order chi connectivity index (χ1) is 7.79. The molecule has 0 bridgehead atoms. The molecule has 1 fully saturated rings. The van der Waals surface area contributed by atoms with Crippen molar-refractivity contribution in [2.45, 2.75) is 38.3 Å². The molecule has 0 spiro atoms. The Morgan fingerprint density at radius 2 is 2.44 bits per heavy atom. The van der Waals surface area contributed by atoms with E-state index >= 15 is 0 Å². The predicted molar refractivity (Wildman–Crippen MR) is 66.5 cm³/mol. The van der Waals surface area contributed by atoms with Gasteiger partial charge in [-0.2, -0.15) is 0 Å². The molecule has 1 saturated carbocycles. The molecule has 1 aliphatic rings. The fraction of sp³-hybridized carbons (Fsp3) is 0.583. The molecule has 2 N–H and O–H groups in total. The summed E-state index contributed by atoms with van der Waals surface area (Å²) in [5.41, 5.74) is 0. The molecule has 1 unspecified atom stereocenters. The van der Waals surface area contributed by atoms with Crippen LogP contribution >= 0.6 is 11.3 Å². The Bertz CT molecular complexity index is 333. The Labute approximate surface area is 100 Å². The van der Waals surface area contributed by atoms with Crippen LogP contribution in [0, 0.1) is 0 Å². The van der Waals surface area contributed by atoms with Gasteiger partial charge in [0.2, 0.25) is 5.91 Å². The van der Waals surface area contributed by atoms with E-state index in [1.807, 2.05) is 11.4 Å². The zero-order valence-electron chi connectivity index (χ0n) is 9.53. The second-order valence-corrected chi connectivity index (χ2v) is 5.18. The average Bonchev–Trinajstić information content (AvgIpc) is 2.97. The van der Waals surface area contributed by atoms with E-state index < -0.39 is 0 Å². The highest BCUT2D eigenvalue weighted by atomic mass is 32.1. The van der Waals surface area contributed by atoms with Gasteiger partial charge in [-0.1, -0.05) is 13.0 Å². The van der Waals surface area contributed by atoms with E-state index in [2.05, 4.69) is 23.6 Å². The molecule has 88 valence electrons. The Morgan fingerprint density at radius 3 is 3.00 bits per heavy atom. The van der Waals surface area contributed by atoms with Crippen LogP contribution in [-0.2, 0) is 4.79 Å². The zero-order valence-corrected chi connectivity index (χ0v) is 10.3. The minimum absolute atomic E-state index is 0.104. The van der Waals surface area contributed by atoms with E-state index in [1.165, 1.54) is 17.7 Å². The molecule has 0 aliphatic heterocycles. The van der Waals surface area contributed by atoms with Crippen molar-refractivity contribution < 1.29 is 4.79 Å². The van der Waals surface area contributed by atoms with E-state index in [9.17, 15) is 4.79 Å². The van der Waals surface area contributed by atoms with Crippen LogP contribution in [-0.4, -0.2) is 18.5 Å². The highest BCUT2D eigenvalue weighted by Crippen LogP contribution is 2.21. The Hall–Kier alpha value is -0.870. The smallest absolute Gasteiger partial charge is 0.234 e. The fourth-order valence-corrected chi connectivity index (χ4v) is 2.50. The van der Waals surface area contributed by atoms with Crippen molar-refractivity contribution in [1.82, 2.24) is 10.6 Å². The lowest BCUT2D eigenvalue weighted by molar-refractivity contribution is -0.121. The molecule has 1 aromatic heterocycles. The van der Waals surface area contributed by atoms with Crippen LogP contribution in [0.1, 0.15) is 37.1 Å². The highest BCUT2D eigenvalue weighted by molar-refractivity contribution is 7.10. The van der Waals surface area contributed by atoms with E-state index in [4.69, 9.17) is 0 Å². The van der Waals surface area contributed by atoms with Crippen LogP contribution in [0.4, 0.5) is 0 Å². The molecule has 3 nitrogen and oxygen atoms in total. The molecule has 1 aromatic rings. The van der Waals surface area contributed by atoms with Crippen molar-refractivity contribution in [2.24, 2.45) is 0 Å². The maximum Gasteiger partial charge on any atom is 0.234 e. The van der Waals surface area contributed by atoms with Gasteiger partial charge in [-0.15, -0.1) is 11.3 Å². The minimum Gasteiger partial charge on any atom is -0.347 e. The van der Waals surface area contributed by atoms with Gasteiger partial charge in [-0.25, -0.2) is 0 Å². The van der Waals surface area contributed by atoms with E-state index in [-0.39, 0.29) is 11.9 Å². The molecule has 16 heavy (non-hydrogen) atoms. The van der Waals surface area contributed by atoms with E-state index in [0.717, 1.165) is 6.42 Å². The second-order valence-electron chi connectivity index (χ2n) is 4.20. The van der Waals surface area contributed by atoms with Gasteiger partial charge in [-0.05, 0) is 30.7 Å². The average molecular weight is 238 g/mol. The lowest BCUT2D eigenvalue weighted by Gasteiger charge is -2.15. The number of carbonyl (C=O) groups excluding carboxylic acids is 1. The summed E-state index contributed by atoms with van der Waals surface area (Å²) in [7, 11) is 0. The molecule has 1 atom stereocenters. The third kappa shape index (κ3) is 3.32. The summed E-state index contributed by atoms with van der Waals surface area (Å²) in [6.45, 7) is 2.55. The number of nitrogens with one attached hydrogen (secondary N) is 2. The molecular formula is C12H18N2OS. The van der Waals surface area contributed by atoms with Crippen LogP contribution in [0.15, 0.2) is 17.5 Å². The van der Waals surface area contributed by atoms with Gasteiger partial charge in [0.15, 0.2) is 0 Å². The van der Waals surface area contributed by atoms with Crippen LogP contribution in [0.25, 0.3) is 0 Å². The lowest BCUT2D eigenvalue weighted by atomic mass is 10.2. The van der Waals surface area contributed by atoms with Crippen LogP contribution in [0.2, 0.25) is 0 Å². The van der Waals surface area contributed by atoms with Crippen molar-refractivity contribution in [3.05, 3.63) is 22.4 Å². The molecule has 4 heteroatoms. The van der Waals surface area contributed by atoms with E-state index in [0.29, 0.717) is 12.6 Å². The molecule has 0 aromatic carbocycles. The molecule has 1 heterocycles. The maximum atomic E-state index is 11.7. The summed E-state index contributed by atoms with van der Waals surface area (Å²) < 4.78 is 0. The lowest BCUT2D eigenvalue weighted by Crippen LogP contribution is -2.36. The molecule has 2 rings (SSSR count). The van der Waals surface area contributed by atoms with Gasteiger partial charge in [0.05, 0.1) is 12.6 Å². The second kappa shape index (κ2) is 5.46. The van der Waals surface area contributed by atoms with Crippen molar-refractivity contribution in [1.29, 1.82) is 0 Å². The SMILES string of the molecule is CCC(NC(=O)CNC1CC1)c1cccs1. The number of carbonyl (C=O) groups is 1. The number of hydrogen-bond donors (Lipinski definition) is 2. The van der Waals surface area contributed by atoms with Gasteiger partial charge in [0, 0.05) is 10.9 Å². The normalized spacial score (nSPS) is 17.1.